The molecule has 3 heterocycles. The maximum Gasteiger partial charge on any atom is 0.253 e. The lowest BCUT2D eigenvalue weighted by Crippen LogP contribution is -2.23. The topological polar surface area (TPSA) is 81.9 Å². The zero-order valence-corrected chi connectivity index (χ0v) is 14.2. The van der Waals surface area contributed by atoms with Crippen LogP contribution in [0.1, 0.15) is 28.8 Å². The lowest BCUT2D eigenvalue weighted by Gasteiger charge is -2.07. The minimum Gasteiger partial charge on any atom is -0.477 e. The number of hydrogen-bond acceptors (Lipinski definition) is 5. The lowest BCUT2D eigenvalue weighted by atomic mass is 10.2. The van der Waals surface area contributed by atoms with E-state index >= 15 is 0 Å². The van der Waals surface area contributed by atoms with Crippen LogP contribution in [-0.4, -0.2) is 32.3 Å². The molecule has 1 N–H and O–H groups in total. The standard InChI is InChI=1S/C19H19N5O2/c25-19(16-5-7-18(21-12-16)26-13-14-2-3-14)22-11-15-4-6-17(20-10-15)24-9-1-8-23-24/h1,4-10,12,14H,2-3,11,13H2,(H,22,25). The molecule has 1 aliphatic carbocycles. The van der Waals surface area contributed by atoms with Crippen molar-refractivity contribution in [2.75, 3.05) is 6.61 Å². The highest BCUT2D eigenvalue weighted by Crippen LogP contribution is 2.29. The second-order valence-corrected chi connectivity index (χ2v) is 6.30. The van der Waals surface area contributed by atoms with Crippen LogP contribution < -0.4 is 10.1 Å². The molecule has 0 spiro atoms. The van der Waals surface area contributed by atoms with Gasteiger partial charge in [-0.1, -0.05) is 6.07 Å². The van der Waals surface area contributed by atoms with Crippen LogP contribution in [-0.2, 0) is 6.54 Å². The maximum atomic E-state index is 12.2. The molecule has 7 heteroatoms. The largest absolute Gasteiger partial charge is 0.477 e. The summed E-state index contributed by atoms with van der Waals surface area (Å²) in [6.45, 7) is 1.10. The van der Waals surface area contributed by atoms with Gasteiger partial charge in [-0.2, -0.15) is 5.10 Å². The summed E-state index contributed by atoms with van der Waals surface area (Å²) in [5, 5.41) is 7.00. The third-order valence-electron chi connectivity index (χ3n) is 4.16. The van der Waals surface area contributed by atoms with Gasteiger partial charge >= 0.3 is 0 Å². The number of aromatic nitrogens is 4. The van der Waals surface area contributed by atoms with Crippen LogP contribution in [0.4, 0.5) is 0 Å². The highest BCUT2D eigenvalue weighted by molar-refractivity contribution is 5.93. The van der Waals surface area contributed by atoms with Crippen molar-refractivity contribution in [3.63, 3.8) is 0 Å². The molecule has 7 nitrogen and oxygen atoms in total. The summed E-state index contributed by atoms with van der Waals surface area (Å²) in [6, 6.07) is 9.08. The van der Waals surface area contributed by atoms with Gasteiger partial charge in [-0.05, 0) is 42.5 Å². The Kier molecular flexibility index (Phi) is 4.59. The predicted molar refractivity (Wildman–Crippen MR) is 95.0 cm³/mol. The fourth-order valence-corrected chi connectivity index (χ4v) is 2.43. The minimum atomic E-state index is -0.178. The zero-order valence-electron chi connectivity index (χ0n) is 14.2. The van der Waals surface area contributed by atoms with Gasteiger partial charge in [0, 0.05) is 37.4 Å². The van der Waals surface area contributed by atoms with E-state index in [-0.39, 0.29) is 5.91 Å². The van der Waals surface area contributed by atoms with Crippen LogP contribution >= 0.6 is 0 Å². The molecule has 26 heavy (non-hydrogen) atoms. The Morgan fingerprint density at radius 1 is 1.19 bits per heavy atom. The van der Waals surface area contributed by atoms with Crippen molar-refractivity contribution in [2.45, 2.75) is 19.4 Å². The first-order chi connectivity index (χ1) is 12.8. The van der Waals surface area contributed by atoms with Crippen LogP contribution in [0.2, 0.25) is 0 Å². The molecule has 0 unspecified atom stereocenters. The smallest absolute Gasteiger partial charge is 0.253 e. The van der Waals surface area contributed by atoms with E-state index in [4.69, 9.17) is 4.74 Å². The Balaban J connectivity index is 1.30. The third kappa shape index (κ3) is 4.05. The molecule has 0 aromatic carbocycles. The van der Waals surface area contributed by atoms with Crippen molar-refractivity contribution >= 4 is 5.91 Å². The summed E-state index contributed by atoms with van der Waals surface area (Å²) < 4.78 is 7.26. The fourth-order valence-electron chi connectivity index (χ4n) is 2.43. The summed E-state index contributed by atoms with van der Waals surface area (Å²) in [5.41, 5.74) is 1.41. The van der Waals surface area contributed by atoms with Crippen LogP contribution in [0.3, 0.4) is 0 Å². The van der Waals surface area contributed by atoms with Crippen molar-refractivity contribution in [1.29, 1.82) is 0 Å². The molecule has 132 valence electrons. The highest BCUT2D eigenvalue weighted by Gasteiger charge is 2.22. The quantitative estimate of drug-likeness (QED) is 0.708. The Morgan fingerprint density at radius 2 is 2.12 bits per heavy atom. The van der Waals surface area contributed by atoms with E-state index in [2.05, 4.69) is 20.4 Å². The number of nitrogens with zero attached hydrogens (tertiary/aromatic N) is 4. The van der Waals surface area contributed by atoms with Crippen LogP contribution in [0.25, 0.3) is 5.82 Å². The summed E-state index contributed by atoms with van der Waals surface area (Å²) in [6.07, 6.45) is 9.26. The molecule has 0 radical (unpaired) electrons. The van der Waals surface area contributed by atoms with Gasteiger partial charge in [0.1, 0.15) is 0 Å². The van der Waals surface area contributed by atoms with Crippen molar-refractivity contribution in [2.24, 2.45) is 5.92 Å². The Hall–Kier alpha value is -3.22. The van der Waals surface area contributed by atoms with Crippen LogP contribution in [0.15, 0.2) is 55.1 Å². The van der Waals surface area contributed by atoms with E-state index in [0.717, 1.165) is 11.4 Å². The summed E-state index contributed by atoms with van der Waals surface area (Å²) >= 11 is 0. The Morgan fingerprint density at radius 3 is 2.77 bits per heavy atom. The number of pyridine rings is 2. The van der Waals surface area contributed by atoms with Crippen molar-refractivity contribution < 1.29 is 9.53 Å². The number of carbonyl (C=O) groups is 1. The molecule has 1 amide bonds. The van der Waals surface area contributed by atoms with E-state index in [1.54, 1.807) is 29.2 Å². The van der Waals surface area contributed by atoms with Crippen molar-refractivity contribution in [3.05, 3.63) is 66.2 Å². The number of ether oxygens (including phenoxy) is 1. The maximum absolute atomic E-state index is 12.2. The van der Waals surface area contributed by atoms with Gasteiger partial charge in [0.25, 0.3) is 5.91 Å². The average molecular weight is 349 g/mol. The Labute approximate surface area is 151 Å². The summed E-state index contributed by atoms with van der Waals surface area (Å²) in [4.78, 5) is 20.8. The molecule has 1 fully saturated rings. The van der Waals surface area contributed by atoms with Gasteiger partial charge in [-0.15, -0.1) is 0 Å². The van der Waals surface area contributed by atoms with E-state index < -0.39 is 0 Å². The van der Waals surface area contributed by atoms with E-state index in [1.807, 2.05) is 24.4 Å². The molecular formula is C19H19N5O2. The molecule has 0 atom stereocenters. The lowest BCUT2D eigenvalue weighted by molar-refractivity contribution is 0.0950. The van der Waals surface area contributed by atoms with Gasteiger partial charge in [-0.3, -0.25) is 4.79 Å². The zero-order chi connectivity index (χ0) is 17.8. The molecule has 1 aliphatic rings. The number of nitrogens with one attached hydrogen (secondary N) is 1. The SMILES string of the molecule is O=C(NCc1ccc(-n2cccn2)nc1)c1ccc(OCC2CC2)nc1. The molecule has 0 bridgehead atoms. The van der Waals surface area contributed by atoms with E-state index in [9.17, 15) is 4.79 Å². The van der Waals surface area contributed by atoms with Crippen molar-refractivity contribution in [3.8, 4) is 11.7 Å². The van der Waals surface area contributed by atoms with Gasteiger partial charge in [-0.25, -0.2) is 14.6 Å². The van der Waals surface area contributed by atoms with E-state index in [1.165, 1.54) is 19.0 Å². The van der Waals surface area contributed by atoms with Crippen LogP contribution in [0.5, 0.6) is 5.88 Å². The number of amides is 1. The molecule has 3 aromatic rings. The first-order valence-electron chi connectivity index (χ1n) is 8.60. The average Bonchev–Trinajstić information content (AvgIpc) is 3.36. The van der Waals surface area contributed by atoms with E-state index in [0.29, 0.717) is 30.5 Å². The third-order valence-corrected chi connectivity index (χ3v) is 4.16. The van der Waals surface area contributed by atoms with Gasteiger partial charge in [0.15, 0.2) is 5.82 Å². The van der Waals surface area contributed by atoms with Gasteiger partial charge in [0.2, 0.25) is 5.88 Å². The Bertz CT molecular complexity index is 856. The summed E-state index contributed by atoms with van der Waals surface area (Å²) in [5.74, 6) is 1.79. The molecule has 0 aliphatic heterocycles. The predicted octanol–water partition coefficient (Wildman–Crippen LogP) is 2.38. The van der Waals surface area contributed by atoms with Crippen molar-refractivity contribution in [1.82, 2.24) is 25.1 Å². The summed E-state index contributed by atoms with van der Waals surface area (Å²) in [7, 11) is 0. The van der Waals surface area contributed by atoms with Gasteiger partial charge < -0.3 is 10.1 Å². The number of rotatable bonds is 7. The van der Waals surface area contributed by atoms with Crippen LogP contribution in [0, 0.1) is 5.92 Å². The monoisotopic (exact) mass is 349 g/mol. The first-order valence-corrected chi connectivity index (χ1v) is 8.60. The molecular weight excluding hydrogens is 330 g/mol. The molecule has 3 aromatic heterocycles. The fraction of sp³-hybridized carbons (Fsp3) is 0.263. The highest BCUT2D eigenvalue weighted by atomic mass is 16.5. The molecule has 1 saturated carbocycles. The van der Waals surface area contributed by atoms with Gasteiger partial charge in [0.05, 0.1) is 12.2 Å². The second-order valence-electron chi connectivity index (χ2n) is 6.30. The molecule has 4 rings (SSSR count). The second kappa shape index (κ2) is 7.35. The minimum absolute atomic E-state index is 0.178. The number of carbonyl (C=O) groups excluding carboxylic acids is 1. The first kappa shape index (κ1) is 16.3. The molecule has 0 saturated heterocycles. The number of hydrogen-bond donors (Lipinski definition) is 1. The normalized spacial score (nSPS) is 13.4.